The number of likely N-dealkylation sites (N-methyl/N-ethyl adjacent to an activating group) is 2. The molecule has 0 aliphatic carbocycles. The van der Waals surface area contributed by atoms with Crippen molar-refractivity contribution in [2.75, 3.05) is 32.1 Å². The van der Waals surface area contributed by atoms with Crippen LogP contribution < -0.4 is 4.90 Å². The van der Waals surface area contributed by atoms with Gasteiger partial charge in [-0.15, -0.1) is 5.10 Å². The van der Waals surface area contributed by atoms with Crippen molar-refractivity contribution >= 4 is 16.6 Å². The minimum absolute atomic E-state index is 0.627. The Bertz CT molecular complexity index is 610. The average molecular weight is 270 g/mol. The Hall–Kier alpha value is -1.68. The molecular formula is C16H22N4. The number of aryl methyl sites for hydroxylation is 1. The van der Waals surface area contributed by atoms with Crippen LogP contribution in [-0.4, -0.2) is 48.3 Å². The van der Waals surface area contributed by atoms with E-state index in [4.69, 9.17) is 0 Å². The molecule has 1 saturated heterocycles. The predicted molar refractivity (Wildman–Crippen MR) is 83.2 cm³/mol. The summed E-state index contributed by atoms with van der Waals surface area (Å²) in [7, 11) is 4.34. The van der Waals surface area contributed by atoms with Crippen LogP contribution in [0.15, 0.2) is 24.3 Å². The van der Waals surface area contributed by atoms with Gasteiger partial charge in [0.25, 0.3) is 0 Å². The number of rotatable bonds is 3. The molecule has 4 nitrogen and oxygen atoms in total. The molecule has 2 aromatic rings. The second kappa shape index (κ2) is 5.37. The van der Waals surface area contributed by atoms with Crippen molar-refractivity contribution in [1.82, 2.24) is 15.1 Å². The molecule has 0 bridgehead atoms. The zero-order valence-corrected chi connectivity index (χ0v) is 12.5. The molecule has 4 heteroatoms. The first kappa shape index (κ1) is 13.3. The highest BCUT2D eigenvalue weighted by atomic mass is 15.3. The van der Waals surface area contributed by atoms with Gasteiger partial charge in [-0.25, -0.2) is 0 Å². The number of nitrogens with zero attached hydrogens (tertiary/aromatic N) is 4. The summed E-state index contributed by atoms with van der Waals surface area (Å²) in [5, 5.41) is 11.1. The molecule has 2 heterocycles. The first-order chi connectivity index (χ1) is 9.66. The van der Waals surface area contributed by atoms with Crippen LogP contribution in [0.1, 0.15) is 18.5 Å². The zero-order chi connectivity index (χ0) is 14.1. The van der Waals surface area contributed by atoms with Gasteiger partial charge in [-0.3, -0.25) is 0 Å². The van der Waals surface area contributed by atoms with E-state index >= 15 is 0 Å². The van der Waals surface area contributed by atoms with Crippen molar-refractivity contribution in [3.8, 4) is 0 Å². The van der Waals surface area contributed by atoms with Crippen molar-refractivity contribution in [2.24, 2.45) is 0 Å². The van der Waals surface area contributed by atoms with Crippen LogP contribution in [0, 0.1) is 6.92 Å². The van der Waals surface area contributed by atoms with E-state index in [2.05, 4.69) is 58.4 Å². The van der Waals surface area contributed by atoms with Gasteiger partial charge in [0.05, 0.1) is 5.69 Å². The first-order valence-corrected chi connectivity index (χ1v) is 7.30. The molecule has 0 radical (unpaired) electrons. The summed E-state index contributed by atoms with van der Waals surface area (Å²) in [5.41, 5.74) is 0.996. The maximum Gasteiger partial charge on any atom is 0.158 e. The van der Waals surface area contributed by atoms with E-state index in [1.165, 1.54) is 30.2 Å². The number of fused-ring (bicyclic) bond motifs is 1. The molecule has 106 valence electrons. The van der Waals surface area contributed by atoms with Crippen molar-refractivity contribution in [3.63, 3.8) is 0 Å². The van der Waals surface area contributed by atoms with Crippen LogP contribution in [0.3, 0.4) is 0 Å². The van der Waals surface area contributed by atoms with Crippen molar-refractivity contribution in [3.05, 3.63) is 30.0 Å². The second-order valence-corrected chi connectivity index (χ2v) is 5.81. The highest BCUT2D eigenvalue weighted by molar-refractivity contribution is 5.93. The van der Waals surface area contributed by atoms with Crippen LogP contribution in [0.5, 0.6) is 0 Å². The molecule has 1 aliphatic rings. The molecule has 0 saturated carbocycles. The van der Waals surface area contributed by atoms with Gasteiger partial charge < -0.3 is 9.80 Å². The smallest absolute Gasteiger partial charge is 0.158 e. The molecule has 1 fully saturated rings. The molecule has 20 heavy (non-hydrogen) atoms. The highest BCUT2D eigenvalue weighted by Gasteiger charge is 2.23. The molecular weight excluding hydrogens is 248 g/mol. The number of hydrogen-bond donors (Lipinski definition) is 0. The van der Waals surface area contributed by atoms with E-state index in [1.807, 2.05) is 6.92 Å². The lowest BCUT2D eigenvalue weighted by atomic mass is 10.1. The largest absolute Gasteiger partial charge is 0.356 e. The number of likely N-dealkylation sites (tertiary alicyclic amines) is 1. The summed E-state index contributed by atoms with van der Waals surface area (Å²) < 4.78 is 0. The molecule has 0 amide bonds. The summed E-state index contributed by atoms with van der Waals surface area (Å²) in [4.78, 5) is 4.70. The monoisotopic (exact) mass is 270 g/mol. The molecule has 0 spiro atoms. The Labute approximate surface area is 120 Å². The van der Waals surface area contributed by atoms with Gasteiger partial charge in [0.15, 0.2) is 5.82 Å². The average Bonchev–Trinajstić information content (AvgIpc) is 2.85. The van der Waals surface area contributed by atoms with Crippen LogP contribution in [0.2, 0.25) is 0 Å². The van der Waals surface area contributed by atoms with Crippen LogP contribution in [-0.2, 0) is 0 Å². The number of hydrogen-bond acceptors (Lipinski definition) is 4. The third-order valence-corrected chi connectivity index (χ3v) is 4.37. The fourth-order valence-corrected chi connectivity index (χ4v) is 3.12. The van der Waals surface area contributed by atoms with Crippen LogP contribution in [0.25, 0.3) is 10.8 Å². The number of benzene rings is 1. The van der Waals surface area contributed by atoms with E-state index in [9.17, 15) is 0 Å². The number of aromatic nitrogens is 2. The maximum absolute atomic E-state index is 4.43. The Morgan fingerprint density at radius 3 is 2.70 bits per heavy atom. The third kappa shape index (κ3) is 2.36. The molecule has 3 rings (SSSR count). The molecule has 0 N–H and O–H groups in total. The summed E-state index contributed by atoms with van der Waals surface area (Å²) in [6, 6.07) is 9.02. The zero-order valence-electron chi connectivity index (χ0n) is 12.5. The van der Waals surface area contributed by atoms with Gasteiger partial charge in [0.1, 0.15) is 0 Å². The van der Waals surface area contributed by atoms with E-state index in [0.29, 0.717) is 6.04 Å². The van der Waals surface area contributed by atoms with Crippen molar-refractivity contribution in [1.29, 1.82) is 0 Å². The Kier molecular flexibility index (Phi) is 3.57. The number of anilines is 1. The molecule has 1 aromatic heterocycles. The van der Waals surface area contributed by atoms with Gasteiger partial charge in [-0.2, -0.15) is 5.10 Å². The minimum Gasteiger partial charge on any atom is -0.356 e. The van der Waals surface area contributed by atoms with Gasteiger partial charge >= 0.3 is 0 Å². The van der Waals surface area contributed by atoms with Crippen LogP contribution in [0.4, 0.5) is 5.82 Å². The van der Waals surface area contributed by atoms with Gasteiger partial charge in [0, 0.05) is 30.4 Å². The maximum atomic E-state index is 4.43. The lowest BCUT2D eigenvalue weighted by Gasteiger charge is -2.27. The van der Waals surface area contributed by atoms with Gasteiger partial charge in [0.2, 0.25) is 0 Å². The quantitative estimate of drug-likeness (QED) is 0.857. The molecule has 1 unspecified atom stereocenters. The first-order valence-electron chi connectivity index (χ1n) is 7.30. The minimum atomic E-state index is 0.627. The van der Waals surface area contributed by atoms with E-state index in [1.54, 1.807) is 0 Å². The van der Waals surface area contributed by atoms with Crippen LogP contribution >= 0.6 is 0 Å². The second-order valence-electron chi connectivity index (χ2n) is 5.81. The molecule has 1 aliphatic heterocycles. The Morgan fingerprint density at radius 1 is 1.25 bits per heavy atom. The van der Waals surface area contributed by atoms with Gasteiger partial charge in [-0.05, 0) is 33.4 Å². The standard InChI is InChI=1S/C16H22N4/c1-12-14-8-4-5-9-15(14)16(18-17-12)20(3)11-13-7-6-10-19(13)2/h4-5,8-9,13H,6-7,10-11H2,1-3H3. The van der Waals surface area contributed by atoms with Crippen molar-refractivity contribution < 1.29 is 0 Å². The van der Waals surface area contributed by atoms with E-state index in [-0.39, 0.29) is 0 Å². The van der Waals surface area contributed by atoms with E-state index in [0.717, 1.165) is 18.1 Å². The van der Waals surface area contributed by atoms with Crippen molar-refractivity contribution in [2.45, 2.75) is 25.8 Å². The SMILES string of the molecule is Cc1nnc(N(C)CC2CCCN2C)c2ccccc12. The lowest BCUT2D eigenvalue weighted by Crippen LogP contribution is -2.37. The third-order valence-electron chi connectivity index (χ3n) is 4.37. The van der Waals surface area contributed by atoms with Gasteiger partial charge in [-0.1, -0.05) is 24.3 Å². The Balaban J connectivity index is 1.91. The fraction of sp³-hybridized carbons (Fsp3) is 0.500. The summed E-state index contributed by atoms with van der Waals surface area (Å²) >= 11 is 0. The summed E-state index contributed by atoms with van der Waals surface area (Å²) in [6.45, 7) is 4.24. The fourth-order valence-electron chi connectivity index (χ4n) is 3.12. The topological polar surface area (TPSA) is 32.3 Å². The lowest BCUT2D eigenvalue weighted by molar-refractivity contribution is 0.314. The molecule has 1 aromatic carbocycles. The summed E-state index contributed by atoms with van der Waals surface area (Å²) in [6.07, 6.45) is 2.58. The van der Waals surface area contributed by atoms with E-state index < -0.39 is 0 Å². The summed E-state index contributed by atoms with van der Waals surface area (Å²) in [5.74, 6) is 0.992. The predicted octanol–water partition coefficient (Wildman–Crippen LogP) is 2.47. The molecule has 1 atom stereocenters. The normalized spacial score (nSPS) is 19.6. The highest BCUT2D eigenvalue weighted by Crippen LogP contribution is 2.26. The Morgan fingerprint density at radius 2 is 2.00 bits per heavy atom.